The first-order valence-electron chi connectivity index (χ1n) is 4.83. The van der Waals surface area contributed by atoms with Gasteiger partial charge < -0.3 is 15.7 Å². The molecule has 3 N–H and O–H groups in total. The SMILES string of the molecule is CCCCOc1cc(=NC)n(O)c(N)n1. The van der Waals surface area contributed by atoms with Crippen LogP contribution in [0.1, 0.15) is 19.8 Å². The zero-order valence-corrected chi connectivity index (χ0v) is 8.97. The van der Waals surface area contributed by atoms with Crippen molar-refractivity contribution < 1.29 is 9.94 Å². The van der Waals surface area contributed by atoms with E-state index in [-0.39, 0.29) is 5.95 Å². The summed E-state index contributed by atoms with van der Waals surface area (Å²) in [5.41, 5.74) is 5.78. The fourth-order valence-corrected chi connectivity index (χ4v) is 1.04. The molecule has 0 aliphatic heterocycles. The van der Waals surface area contributed by atoms with Gasteiger partial charge >= 0.3 is 0 Å². The first kappa shape index (κ1) is 11.4. The smallest absolute Gasteiger partial charge is 0.239 e. The summed E-state index contributed by atoms with van der Waals surface area (Å²) in [6, 6.07) is 1.53. The molecule has 0 radical (unpaired) electrons. The Hall–Kier alpha value is -1.72. The van der Waals surface area contributed by atoms with E-state index in [0.29, 0.717) is 22.7 Å². The molecule has 0 amide bonds. The van der Waals surface area contributed by atoms with Crippen LogP contribution in [0.25, 0.3) is 0 Å². The van der Waals surface area contributed by atoms with Crippen LogP contribution in [-0.4, -0.2) is 28.6 Å². The number of ether oxygens (including phenoxy) is 1. The van der Waals surface area contributed by atoms with E-state index in [9.17, 15) is 5.21 Å². The lowest BCUT2D eigenvalue weighted by molar-refractivity contribution is 0.172. The molecule has 0 spiro atoms. The average Bonchev–Trinajstić information content (AvgIpc) is 2.23. The summed E-state index contributed by atoms with van der Waals surface area (Å²) in [4.78, 5) is 7.69. The monoisotopic (exact) mass is 212 g/mol. The number of hydrogen-bond acceptors (Lipinski definition) is 5. The minimum absolute atomic E-state index is 0.0374. The van der Waals surface area contributed by atoms with Gasteiger partial charge in [0.1, 0.15) is 0 Å². The number of aromatic nitrogens is 2. The topological polar surface area (TPSA) is 85.7 Å². The summed E-state index contributed by atoms with van der Waals surface area (Å²) in [6.45, 7) is 2.66. The number of anilines is 1. The predicted octanol–water partition coefficient (Wildman–Crippen LogP) is 0.412. The summed E-state index contributed by atoms with van der Waals surface area (Å²) in [7, 11) is 1.55. The molecule has 1 rings (SSSR count). The Labute approximate surface area is 88.0 Å². The van der Waals surface area contributed by atoms with Gasteiger partial charge in [-0.2, -0.15) is 4.98 Å². The van der Waals surface area contributed by atoms with Crippen molar-refractivity contribution in [3.8, 4) is 5.88 Å². The fraction of sp³-hybridized carbons (Fsp3) is 0.556. The molecule has 0 fully saturated rings. The number of nitrogens with two attached hydrogens (primary N) is 1. The van der Waals surface area contributed by atoms with E-state index in [1.165, 1.54) is 6.07 Å². The standard InChI is InChI=1S/C9H16N4O2/c1-3-4-5-15-8-6-7(11-2)13(14)9(10)12-8/h6,14H,3-5H2,1-2H3,(H2,10,12). The Morgan fingerprint density at radius 3 is 3.00 bits per heavy atom. The van der Waals surface area contributed by atoms with Crippen LogP contribution in [0.5, 0.6) is 5.88 Å². The Morgan fingerprint density at radius 1 is 1.67 bits per heavy atom. The molecule has 15 heavy (non-hydrogen) atoms. The minimum atomic E-state index is -0.0374. The number of rotatable bonds is 4. The van der Waals surface area contributed by atoms with Crippen molar-refractivity contribution in [2.45, 2.75) is 19.8 Å². The number of unbranched alkanes of at least 4 members (excludes halogenated alkanes) is 1. The van der Waals surface area contributed by atoms with Gasteiger partial charge in [-0.3, -0.25) is 4.99 Å². The van der Waals surface area contributed by atoms with Crippen molar-refractivity contribution in [2.75, 3.05) is 19.4 Å². The van der Waals surface area contributed by atoms with E-state index < -0.39 is 0 Å². The average molecular weight is 212 g/mol. The molecule has 0 aliphatic carbocycles. The van der Waals surface area contributed by atoms with Crippen LogP contribution in [0.2, 0.25) is 0 Å². The highest BCUT2D eigenvalue weighted by Crippen LogP contribution is 2.05. The van der Waals surface area contributed by atoms with E-state index in [1.54, 1.807) is 7.05 Å². The third-order valence-electron chi connectivity index (χ3n) is 1.89. The molecule has 6 heteroatoms. The molecule has 0 saturated carbocycles. The van der Waals surface area contributed by atoms with Crippen LogP contribution in [0.3, 0.4) is 0 Å². The quantitative estimate of drug-likeness (QED) is 0.559. The largest absolute Gasteiger partial charge is 0.477 e. The van der Waals surface area contributed by atoms with Crippen molar-refractivity contribution >= 4 is 5.95 Å². The third kappa shape index (κ3) is 2.87. The molecule has 0 aliphatic rings. The summed E-state index contributed by atoms with van der Waals surface area (Å²) in [5, 5.41) is 9.37. The van der Waals surface area contributed by atoms with Gasteiger partial charge in [0.25, 0.3) is 0 Å². The summed E-state index contributed by atoms with van der Waals surface area (Å²) >= 11 is 0. The van der Waals surface area contributed by atoms with Crippen LogP contribution in [0.15, 0.2) is 11.1 Å². The van der Waals surface area contributed by atoms with Crippen LogP contribution in [-0.2, 0) is 0 Å². The molecule has 1 aromatic heterocycles. The maximum absolute atomic E-state index is 9.37. The van der Waals surface area contributed by atoms with Gasteiger partial charge in [0.05, 0.1) is 6.61 Å². The van der Waals surface area contributed by atoms with E-state index in [1.807, 2.05) is 0 Å². The van der Waals surface area contributed by atoms with Crippen molar-refractivity contribution in [1.29, 1.82) is 0 Å². The number of nitrogens with zero attached hydrogens (tertiary/aromatic N) is 3. The molecule has 1 heterocycles. The Bertz CT molecular complexity index is 386. The Kier molecular flexibility index (Phi) is 3.96. The van der Waals surface area contributed by atoms with E-state index in [2.05, 4.69) is 16.9 Å². The predicted molar refractivity (Wildman–Crippen MR) is 55.7 cm³/mol. The number of hydrogen-bond donors (Lipinski definition) is 2. The zero-order valence-electron chi connectivity index (χ0n) is 8.97. The van der Waals surface area contributed by atoms with E-state index in [4.69, 9.17) is 10.5 Å². The van der Waals surface area contributed by atoms with E-state index >= 15 is 0 Å². The van der Waals surface area contributed by atoms with Gasteiger partial charge in [-0.15, -0.1) is 4.73 Å². The first-order chi connectivity index (χ1) is 7.19. The third-order valence-corrected chi connectivity index (χ3v) is 1.89. The second kappa shape index (κ2) is 5.23. The van der Waals surface area contributed by atoms with Crippen molar-refractivity contribution in [3.63, 3.8) is 0 Å². The van der Waals surface area contributed by atoms with Gasteiger partial charge in [-0.25, -0.2) is 0 Å². The fourth-order valence-electron chi connectivity index (χ4n) is 1.04. The molecule has 0 unspecified atom stereocenters. The Balaban J connectivity index is 2.87. The van der Waals surface area contributed by atoms with Gasteiger partial charge in [0.15, 0.2) is 5.49 Å². The highest BCUT2D eigenvalue weighted by atomic mass is 16.5. The lowest BCUT2D eigenvalue weighted by Gasteiger charge is -2.07. The van der Waals surface area contributed by atoms with Gasteiger partial charge in [0, 0.05) is 13.1 Å². The maximum atomic E-state index is 9.37. The van der Waals surface area contributed by atoms with Crippen molar-refractivity contribution in [3.05, 3.63) is 11.6 Å². The molecule has 1 aromatic rings. The first-order valence-corrected chi connectivity index (χ1v) is 4.83. The molecule has 0 saturated heterocycles. The van der Waals surface area contributed by atoms with Gasteiger partial charge in [-0.05, 0) is 6.42 Å². The second-order valence-corrected chi connectivity index (χ2v) is 3.05. The zero-order chi connectivity index (χ0) is 11.3. The van der Waals surface area contributed by atoms with Crippen LogP contribution in [0.4, 0.5) is 5.95 Å². The van der Waals surface area contributed by atoms with Crippen LogP contribution in [0, 0.1) is 0 Å². The van der Waals surface area contributed by atoms with Gasteiger partial charge in [0.2, 0.25) is 11.8 Å². The normalized spacial score (nSPS) is 11.7. The highest BCUT2D eigenvalue weighted by Gasteiger charge is 2.03. The van der Waals surface area contributed by atoms with Crippen LogP contribution >= 0.6 is 0 Å². The maximum Gasteiger partial charge on any atom is 0.239 e. The molecule has 6 nitrogen and oxygen atoms in total. The van der Waals surface area contributed by atoms with Crippen molar-refractivity contribution in [1.82, 2.24) is 9.71 Å². The summed E-state index contributed by atoms with van der Waals surface area (Å²) in [5.74, 6) is 0.344. The van der Waals surface area contributed by atoms with Crippen LogP contribution < -0.4 is 16.0 Å². The summed E-state index contributed by atoms with van der Waals surface area (Å²) < 4.78 is 6.06. The summed E-state index contributed by atoms with van der Waals surface area (Å²) in [6.07, 6.45) is 2.00. The molecular formula is C9H16N4O2. The highest BCUT2D eigenvalue weighted by molar-refractivity contribution is 5.21. The molecule has 0 atom stereocenters. The molecule has 84 valence electrons. The second-order valence-electron chi connectivity index (χ2n) is 3.05. The van der Waals surface area contributed by atoms with E-state index in [0.717, 1.165) is 12.8 Å². The lowest BCUT2D eigenvalue weighted by atomic mass is 10.4. The molecule has 0 bridgehead atoms. The van der Waals surface area contributed by atoms with Crippen molar-refractivity contribution in [2.24, 2.45) is 4.99 Å². The molecule has 0 aromatic carbocycles. The molecular weight excluding hydrogens is 196 g/mol. The van der Waals surface area contributed by atoms with Gasteiger partial charge in [-0.1, -0.05) is 13.3 Å². The number of nitrogen functional groups attached to an aromatic ring is 1. The Morgan fingerprint density at radius 2 is 2.40 bits per heavy atom. The minimum Gasteiger partial charge on any atom is -0.477 e. The lowest BCUT2D eigenvalue weighted by Crippen LogP contribution is -2.23.